The van der Waals surface area contributed by atoms with Crippen LogP contribution < -0.4 is 10.1 Å². The number of aromatic nitrogens is 2. The molecule has 6 nitrogen and oxygen atoms in total. The van der Waals surface area contributed by atoms with E-state index in [1.807, 2.05) is 0 Å². The summed E-state index contributed by atoms with van der Waals surface area (Å²) in [6.45, 7) is 1.52. The number of ether oxygens (including phenoxy) is 1. The topological polar surface area (TPSA) is 77.2 Å². The van der Waals surface area contributed by atoms with Gasteiger partial charge in [0.05, 0.1) is 0 Å². The molecule has 1 N–H and O–H groups in total. The molecule has 122 valence electrons. The summed E-state index contributed by atoms with van der Waals surface area (Å²) < 4.78 is 23.4. The Morgan fingerprint density at radius 1 is 1.21 bits per heavy atom. The Bertz CT molecular complexity index is 846. The van der Waals surface area contributed by atoms with Crippen molar-refractivity contribution in [3.05, 3.63) is 60.2 Å². The molecule has 3 aromatic rings. The maximum atomic E-state index is 12.8. The summed E-state index contributed by atoms with van der Waals surface area (Å²) in [7, 11) is 0. The average Bonchev–Trinajstić information content (AvgIpc) is 3.01. The highest BCUT2D eigenvalue weighted by molar-refractivity contribution is 5.92. The molecule has 3 rings (SSSR count). The SMILES string of the molecule is Cc1nnc(-c2cccc(NC(=O)COc3ccc(F)cc3)c2)o1. The van der Waals surface area contributed by atoms with Crippen molar-refractivity contribution in [2.45, 2.75) is 6.92 Å². The Balaban J connectivity index is 1.61. The number of rotatable bonds is 5. The molecule has 0 aliphatic heterocycles. The van der Waals surface area contributed by atoms with Gasteiger partial charge in [-0.1, -0.05) is 6.07 Å². The third kappa shape index (κ3) is 3.95. The lowest BCUT2D eigenvalue weighted by Gasteiger charge is -2.08. The molecule has 24 heavy (non-hydrogen) atoms. The molecule has 0 unspecified atom stereocenters. The zero-order valence-electron chi connectivity index (χ0n) is 12.8. The quantitative estimate of drug-likeness (QED) is 0.778. The molecule has 1 heterocycles. The summed E-state index contributed by atoms with van der Waals surface area (Å²) in [6, 6.07) is 12.5. The van der Waals surface area contributed by atoms with Crippen LogP contribution in [-0.2, 0) is 4.79 Å². The third-order valence-electron chi connectivity index (χ3n) is 3.10. The molecule has 0 fully saturated rings. The molecule has 7 heteroatoms. The number of carbonyl (C=O) groups is 1. The number of nitrogens with one attached hydrogen (secondary N) is 1. The second-order valence-corrected chi connectivity index (χ2v) is 5.00. The number of hydrogen-bond acceptors (Lipinski definition) is 5. The van der Waals surface area contributed by atoms with Crippen LogP contribution in [0.1, 0.15) is 5.89 Å². The lowest BCUT2D eigenvalue weighted by atomic mass is 10.2. The van der Waals surface area contributed by atoms with Gasteiger partial charge in [0.15, 0.2) is 6.61 Å². The van der Waals surface area contributed by atoms with E-state index in [0.717, 1.165) is 0 Å². The number of benzene rings is 2. The Morgan fingerprint density at radius 2 is 2.00 bits per heavy atom. The highest BCUT2D eigenvalue weighted by Crippen LogP contribution is 2.21. The molecule has 0 saturated heterocycles. The fourth-order valence-corrected chi connectivity index (χ4v) is 2.02. The largest absolute Gasteiger partial charge is 0.484 e. The van der Waals surface area contributed by atoms with Crippen LogP contribution in [0.2, 0.25) is 0 Å². The zero-order chi connectivity index (χ0) is 16.9. The van der Waals surface area contributed by atoms with Crippen molar-refractivity contribution >= 4 is 11.6 Å². The van der Waals surface area contributed by atoms with E-state index in [-0.39, 0.29) is 18.3 Å². The van der Waals surface area contributed by atoms with Crippen LogP contribution in [-0.4, -0.2) is 22.7 Å². The lowest BCUT2D eigenvalue weighted by Crippen LogP contribution is -2.20. The molecule has 1 amide bonds. The van der Waals surface area contributed by atoms with Crippen molar-refractivity contribution in [1.29, 1.82) is 0 Å². The molecule has 0 spiro atoms. The number of carbonyl (C=O) groups excluding carboxylic acids is 1. The highest BCUT2D eigenvalue weighted by Gasteiger charge is 2.08. The molecular formula is C17H14FN3O3. The molecule has 2 aromatic carbocycles. The molecule has 0 atom stereocenters. The van der Waals surface area contributed by atoms with Crippen LogP contribution in [0.5, 0.6) is 5.75 Å². The maximum Gasteiger partial charge on any atom is 0.262 e. The van der Waals surface area contributed by atoms with Gasteiger partial charge in [-0.25, -0.2) is 4.39 Å². The predicted molar refractivity (Wildman–Crippen MR) is 85.0 cm³/mol. The summed E-state index contributed by atoms with van der Waals surface area (Å²) >= 11 is 0. The first kappa shape index (κ1) is 15.7. The minimum Gasteiger partial charge on any atom is -0.484 e. The number of aryl methyl sites for hydroxylation is 1. The van der Waals surface area contributed by atoms with Crippen LogP contribution in [0.25, 0.3) is 11.5 Å². The zero-order valence-corrected chi connectivity index (χ0v) is 12.8. The van der Waals surface area contributed by atoms with Gasteiger partial charge in [0.2, 0.25) is 11.8 Å². The van der Waals surface area contributed by atoms with Gasteiger partial charge in [0.1, 0.15) is 11.6 Å². The van der Waals surface area contributed by atoms with Gasteiger partial charge in [0, 0.05) is 18.2 Å². The second-order valence-electron chi connectivity index (χ2n) is 5.00. The summed E-state index contributed by atoms with van der Waals surface area (Å²) in [5, 5.41) is 10.4. The molecule has 0 radical (unpaired) electrons. The molecule has 0 aliphatic carbocycles. The van der Waals surface area contributed by atoms with Gasteiger partial charge < -0.3 is 14.5 Å². The summed E-state index contributed by atoms with van der Waals surface area (Å²) in [5.74, 6) is 0.568. The van der Waals surface area contributed by atoms with Crippen molar-refractivity contribution in [2.75, 3.05) is 11.9 Å². The first-order valence-electron chi connectivity index (χ1n) is 7.19. The monoisotopic (exact) mass is 327 g/mol. The van der Waals surface area contributed by atoms with E-state index in [1.165, 1.54) is 24.3 Å². The van der Waals surface area contributed by atoms with Crippen LogP contribution in [0.15, 0.2) is 52.9 Å². The molecule has 0 aliphatic rings. The maximum absolute atomic E-state index is 12.8. The van der Waals surface area contributed by atoms with Crippen molar-refractivity contribution < 1.29 is 18.3 Å². The minimum atomic E-state index is -0.361. The Kier molecular flexibility index (Phi) is 4.51. The van der Waals surface area contributed by atoms with Gasteiger partial charge in [-0.2, -0.15) is 0 Å². The molecule has 0 bridgehead atoms. The predicted octanol–water partition coefficient (Wildman–Crippen LogP) is 3.20. The van der Waals surface area contributed by atoms with Gasteiger partial charge in [-0.15, -0.1) is 10.2 Å². The normalized spacial score (nSPS) is 10.4. The third-order valence-corrected chi connectivity index (χ3v) is 3.10. The standard InChI is InChI=1S/C17H14FN3O3/c1-11-20-21-17(24-11)12-3-2-4-14(9-12)19-16(22)10-23-15-7-5-13(18)6-8-15/h2-9H,10H2,1H3,(H,19,22). The van der Waals surface area contributed by atoms with Gasteiger partial charge >= 0.3 is 0 Å². The first-order valence-corrected chi connectivity index (χ1v) is 7.19. The fraction of sp³-hybridized carbons (Fsp3) is 0.118. The van der Waals surface area contributed by atoms with E-state index in [0.29, 0.717) is 28.8 Å². The van der Waals surface area contributed by atoms with E-state index < -0.39 is 0 Å². The van der Waals surface area contributed by atoms with Crippen molar-refractivity contribution in [3.63, 3.8) is 0 Å². The number of amides is 1. The second kappa shape index (κ2) is 6.91. The average molecular weight is 327 g/mol. The first-order chi connectivity index (χ1) is 11.6. The van der Waals surface area contributed by atoms with Crippen LogP contribution in [0.4, 0.5) is 10.1 Å². The lowest BCUT2D eigenvalue weighted by molar-refractivity contribution is -0.118. The van der Waals surface area contributed by atoms with Crippen molar-refractivity contribution in [2.24, 2.45) is 0 Å². The smallest absolute Gasteiger partial charge is 0.262 e. The number of nitrogens with zero attached hydrogens (tertiary/aromatic N) is 2. The fourth-order valence-electron chi connectivity index (χ4n) is 2.02. The minimum absolute atomic E-state index is 0.185. The summed E-state index contributed by atoms with van der Waals surface area (Å²) in [6.07, 6.45) is 0. The van der Waals surface area contributed by atoms with Crippen molar-refractivity contribution in [3.8, 4) is 17.2 Å². The van der Waals surface area contributed by atoms with Crippen LogP contribution >= 0.6 is 0 Å². The Hall–Kier alpha value is -3.22. The van der Waals surface area contributed by atoms with E-state index >= 15 is 0 Å². The van der Waals surface area contributed by atoms with Gasteiger partial charge in [-0.05, 0) is 42.5 Å². The molecule has 1 aromatic heterocycles. The van der Waals surface area contributed by atoms with Gasteiger partial charge in [-0.3, -0.25) is 4.79 Å². The summed E-state index contributed by atoms with van der Waals surface area (Å²) in [4.78, 5) is 11.9. The Morgan fingerprint density at radius 3 is 2.71 bits per heavy atom. The van der Waals surface area contributed by atoms with Gasteiger partial charge in [0.25, 0.3) is 5.91 Å². The van der Waals surface area contributed by atoms with E-state index in [9.17, 15) is 9.18 Å². The molecular weight excluding hydrogens is 313 g/mol. The van der Waals surface area contributed by atoms with Crippen LogP contribution in [0, 0.1) is 12.7 Å². The van der Waals surface area contributed by atoms with E-state index in [1.54, 1.807) is 31.2 Å². The number of anilines is 1. The number of hydrogen-bond donors (Lipinski definition) is 1. The van der Waals surface area contributed by atoms with E-state index in [2.05, 4.69) is 15.5 Å². The molecule has 0 saturated carbocycles. The number of halogens is 1. The van der Waals surface area contributed by atoms with E-state index in [4.69, 9.17) is 9.15 Å². The summed E-state index contributed by atoms with van der Waals surface area (Å²) in [5.41, 5.74) is 1.28. The highest BCUT2D eigenvalue weighted by atomic mass is 19.1. The van der Waals surface area contributed by atoms with Crippen LogP contribution in [0.3, 0.4) is 0 Å². The Labute approximate surface area is 137 Å². The van der Waals surface area contributed by atoms with Crippen molar-refractivity contribution in [1.82, 2.24) is 10.2 Å².